The molecule has 0 heterocycles. The predicted molar refractivity (Wildman–Crippen MR) is 141 cm³/mol. The average molecular weight is 486 g/mol. The summed E-state index contributed by atoms with van der Waals surface area (Å²) in [7, 11) is 1.53. The summed E-state index contributed by atoms with van der Waals surface area (Å²) in [6.45, 7) is 4.88. The van der Waals surface area contributed by atoms with Gasteiger partial charge in [0.25, 0.3) is 5.91 Å². The predicted octanol–water partition coefficient (Wildman–Crippen LogP) is 5.91. The van der Waals surface area contributed by atoms with Gasteiger partial charge in [0.1, 0.15) is 11.5 Å². The van der Waals surface area contributed by atoms with Gasteiger partial charge in [0.05, 0.1) is 19.4 Å². The highest BCUT2D eigenvalue weighted by Gasteiger charge is 2.11. The first kappa shape index (κ1) is 27.1. The first-order chi connectivity index (χ1) is 16.5. The van der Waals surface area contributed by atoms with Crippen molar-refractivity contribution in [2.75, 3.05) is 24.4 Å². The molecule has 3 N–H and O–H groups in total. The van der Waals surface area contributed by atoms with Crippen LogP contribution in [0.3, 0.4) is 0 Å². The topological polar surface area (TPSA) is 88.7 Å². The number of rotatable bonds is 13. The largest absolute Gasteiger partial charge is 0.494 e. The highest BCUT2D eigenvalue weighted by molar-refractivity contribution is 7.80. The quantitative estimate of drug-likeness (QED) is 0.241. The number of nitrogens with one attached hydrogen (secondary N) is 3. The van der Waals surface area contributed by atoms with E-state index in [1.807, 2.05) is 6.92 Å². The molecule has 34 heavy (non-hydrogen) atoms. The minimum absolute atomic E-state index is 0.0587. The van der Waals surface area contributed by atoms with E-state index in [2.05, 4.69) is 22.9 Å². The molecule has 0 spiro atoms. The van der Waals surface area contributed by atoms with Gasteiger partial charge in [0, 0.05) is 23.7 Å². The highest BCUT2D eigenvalue weighted by atomic mass is 32.1. The van der Waals surface area contributed by atoms with Gasteiger partial charge in [-0.2, -0.15) is 0 Å². The number of ether oxygens (including phenoxy) is 2. The van der Waals surface area contributed by atoms with Crippen LogP contribution in [-0.2, 0) is 4.79 Å². The molecule has 0 aliphatic heterocycles. The molecule has 8 heteroatoms. The molecular weight excluding hydrogens is 450 g/mol. The molecule has 0 aromatic heterocycles. The fraction of sp³-hybridized carbons (Fsp3) is 0.423. The second-order valence-corrected chi connectivity index (χ2v) is 8.32. The van der Waals surface area contributed by atoms with Crippen LogP contribution in [-0.4, -0.2) is 30.6 Å². The molecule has 2 rings (SSSR count). The summed E-state index contributed by atoms with van der Waals surface area (Å²) in [4.78, 5) is 24.5. The van der Waals surface area contributed by atoms with E-state index in [1.54, 1.807) is 42.5 Å². The van der Waals surface area contributed by atoms with E-state index in [-0.39, 0.29) is 16.9 Å². The molecule has 0 radical (unpaired) electrons. The molecule has 184 valence electrons. The molecule has 0 bridgehead atoms. The van der Waals surface area contributed by atoms with Crippen molar-refractivity contribution in [2.24, 2.45) is 0 Å². The molecule has 0 unspecified atom stereocenters. The molecular formula is C26H35N3O4S. The number of thiocarbonyl (C=S) groups is 1. The Balaban J connectivity index is 1.87. The number of amides is 2. The Bertz CT molecular complexity index is 948. The Kier molecular flexibility index (Phi) is 11.9. The van der Waals surface area contributed by atoms with Crippen molar-refractivity contribution < 1.29 is 19.1 Å². The molecule has 2 amide bonds. The van der Waals surface area contributed by atoms with Crippen molar-refractivity contribution in [1.29, 1.82) is 0 Å². The van der Waals surface area contributed by atoms with Gasteiger partial charge in [-0.15, -0.1) is 0 Å². The van der Waals surface area contributed by atoms with Gasteiger partial charge in [0.15, 0.2) is 5.11 Å². The molecule has 7 nitrogen and oxygen atoms in total. The van der Waals surface area contributed by atoms with Crippen LogP contribution in [0.15, 0.2) is 42.5 Å². The minimum atomic E-state index is -0.321. The summed E-state index contributed by atoms with van der Waals surface area (Å²) in [5.41, 5.74) is 1.68. The molecule has 0 saturated carbocycles. The number of unbranched alkanes of at least 4 members (excludes halogenated alkanes) is 4. The molecule has 2 aromatic carbocycles. The number of carbonyl (C=O) groups excluding carboxylic acids is 2. The lowest BCUT2D eigenvalue weighted by atomic mass is 10.2. The monoisotopic (exact) mass is 485 g/mol. The summed E-state index contributed by atoms with van der Waals surface area (Å²) in [6, 6.07) is 12.2. The average Bonchev–Trinajstić information content (AvgIpc) is 2.83. The van der Waals surface area contributed by atoms with E-state index in [0.29, 0.717) is 35.7 Å². The third kappa shape index (κ3) is 9.39. The van der Waals surface area contributed by atoms with E-state index in [9.17, 15) is 9.59 Å². The smallest absolute Gasteiger partial charge is 0.257 e. The van der Waals surface area contributed by atoms with Crippen molar-refractivity contribution in [2.45, 2.75) is 58.8 Å². The lowest BCUT2D eigenvalue weighted by molar-refractivity contribution is -0.116. The zero-order valence-corrected chi connectivity index (χ0v) is 21.1. The third-order valence-electron chi connectivity index (χ3n) is 5.10. The standard InChI is InChI=1S/C26H35N3O4S/c1-4-6-8-9-17-33-21-14-11-19(12-15-21)25(31)29-26(34)27-20-13-16-22(23(18-20)32-3)28-24(30)10-7-5-2/h11-16,18H,4-10,17H2,1-3H3,(H,28,30)(H2,27,29,31,34). The summed E-state index contributed by atoms with van der Waals surface area (Å²) >= 11 is 5.28. The van der Waals surface area contributed by atoms with Gasteiger partial charge in [-0.3, -0.25) is 14.9 Å². The van der Waals surface area contributed by atoms with Crippen molar-refractivity contribution in [3.63, 3.8) is 0 Å². The molecule has 0 aliphatic rings. The van der Waals surface area contributed by atoms with Gasteiger partial charge < -0.3 is 20.1 Å². The maximum Gasteiger partial charge on any atom is 0.257 e. The van der Waals surface area contributed by atoms with Crippen LogP contribution in [0, 0.1) is 0 Å². The second-order valence-electron chi connectivity index (χ2n) is 7.91. The first-order valence-corrected chi connectivity index (χ1v) is 12.2. The van der Waals surface area contributed by atoms with Crippen LogP contribution in [0.25, 0.3) is 0 Å². The fourth-order valence-electron chi connectivity index (χ4n) is 3.18. The summed E-state index contributed by atoms with van der Waals surface area (Å²) < 4.78 is 11.1. The van der Waals surface area contributed by atoms with Crippen molar-refractivity contribution in [3.05, 3.63) is 48.0 Å². The van der Waals surface area contributed by atoms with Crippen LogP contribution < -0.4 is 25.4 Å². The van der Waals surface area contributed by atoms with E-state index in [4.69, 9.17) is 21.7 Å². The van der Waals surface area contributed by atoms with Gasteiger partial charge in [0.2, 0.25) is 5.91 Å². The van der Waals surface area contributed by atoms with E-state index in [1.165, 1.54) is 20.0 Å². The zero-order chi connectivity index (χ0) is 24.8. The first-order valence-electron chi connectivity index (χ1n) is 11.8. The van der Waals surface area contributed by atoms with E-state index >= 15 is 0 Å². The Labute approximate surface area is 207 Å². The van der Waals surface area contributed by atoms with Gasteiger partial charge in [-0.25, -0.2) is 0 Å². The Morgan fingerprint density at radius 3 is 2.32 bits per heavy atom. The summed E-state index contributed by atoms with van der Waals surface area (Å²) in [5, 5.41) is 8.65. The molecule has 0 saturated heterocycles. The number of carbonyl (C=O) groups is 2. The number of hydrogen-bond donors (Lipinski definition) is 3. The van der Waals surface area contributed by atoms with Crippen LogP contribution in [0.5, 0.6) is 11.5 Å². The van der Waals surface area contributed by atoms with Crippen LogP contribution in [0.2, 0.25) is 0 Å². The lowest BCUT2D eigenvalue weighted by Crippen LogP contribution is -2.34. The van der Waals surface area contributed by atoms with Gasteiger partial charge in [-0.05, 0) is 61.5 Å². The van der Waals surface area contributed by atoms with Crippen molar-refractivity contribution in [3.8, 4) is 11.5 Å². The summed E-state index contributed by atoms with van der Waals surface area (Å²) in [5.74, 6) is 0.854. The van der Waals surface area contributed by atoms with Crippen molar-refractivity contribution in [1.82, 2.24) is 5.32 Å². The Morgan fingerprint density at radius 1 is 0.912 bits per heavy atom. The van der Waals surface area contributed by atoms with Gasteiger partial charge in [-0.1, -0.05) is 39.5 Å². The SMILES string of the molecule is CCCCCCOc1ccc(C(=O)NC(=S)Nc2ccc(NC(=O)CCCC)c(OC)c2)cc1. The van der Waals surface area contributed by atoms with Crippen LogP contribution in [0.1, 0.15) is 69.2 Å². The number of anilines is 2. The summed E-state index contributed by atoms with van der Waals surface area (Å²) in [6.07, 6.45) is 6.82. The Morgan fingerprint density at radius 2 is 1.65 bits per heavy atom. The van der Waals surface area contributed by atoms with Crippen LogP contribution >= 0.6 is 12.2 Å². The third-order valence-corrected chi connectivity index (χ3v) is 5.31. The molecule has 0 aliphatic carbocycles. The minimum Gasteiger partial charge on any atom is -0.494 e. The number of hydrogen-bond acceptors (Lipinski definition) is 5. The second kappa shape index (κ2) is 14.9. The number of benzene rings is 2. The van der Waals surface area contributed by atoms with E-state index in [0.717, 1.165) is 31.4 Å². The Hall–Kier alpha value is -3.13. The van der Waals surface area contributed by atoms with Crippen molar-refractivity contribution >= 4 is 40.5 Å². The zero-order valence-electron chi connectivity index (χ0n) is 20.2. The maximum atomic E-state index is 12.5. The molecule has 0 fully saturated rings. The maximum absolute atomic E-state index is 12.5. The highest BCUT2D eigenvalue weighted by Crippen LogP contribution is 2.28. The fourth-order valence-corrected chi connectivity index (χ4v) is 3.39. The van der Waals surface area contributed by atoms with Crippen LogP contribution in [0.4, 0.5) is 11.4 Å². The van der Waals surface area contributed by atoms with E-state index < -0.39 is 0 Å². The lowest BCUT2D eigenvalue weighted by Gasteiger charge is -2.14. The molecule has 0 atom stereocenters. The number of methoxy groups -OCH3 is 1. The molecule has 2 aromatic rings. The normalized spacial score (nSPS) is 10.3. The van der Waals surface area contributed by atoms with Gasteiger partial charge >= 0.3 is 0 Å².